The van der Waals surface area contributed by atoms with Gasteiger partial charge in [0, 0.05) is 30.8 Å². The number of aryl methyl sites for hydroxylation is 1. The van der Waals surface area contributed by atoms with Gasteiger partial charge in [-0.15, -0.1) is 0 Å². The molecule has 2 aromatic carbocycles. The van der Waals surface area contributed by atoms with Crippen LogP contribution in [0, 0.1) is 6.92 Å². The van der Waals surface area contributed by atoms with Gasteiger partial charge in [0.15, 0.2) is 0 Å². The van der Waals surface area contributed by atoms with Crippen LogP contribution in [-0.4, -0.2) is 39.9 Å². The maximum Gasteiger partial charge on any atom is 0.251 e. The van der Waals surface area contributed by atoms with Gasteiger partial charge in [-0.2, -0.15) is 0 Å². The maximum atomic E-state index is 12.4. The zero-order valence-electron chi connectivity index (χ0n) is 15.3. The average Bonchev–Trinajstić information content (AvgIpc) is 2.65. The normalized spacial score (nSPS) is 11.0. The van der Waals surface area contributed by atoms with Gasteiger partial charge in [0.25, 0.3) is 11.8 Å². The highest BCUT2D eigenvalue weighted by atomic mass is 32.2. The summed E-state index contributed by atoms with van der Waals surface area (Å²) in [5, 5.41) is 5.40. The Balaban J connectivity index is 1.95. The van der Waals surface area contributed by atoms with Gasteiger partial charge in [0.1, 0.15) is 0 Å². The fourth-order valence-corrected chi connectivity index (χ4v) is 3.49. The summed E-state index contributed by atoms with van der Waals surface area (Å²) in [6.07, 6.45) is 0. The zero-order valence-corrected chi connectivity index (χ0v) is 16.1. The molecule has 3 N–H and O–H groups in total. The van der Waals surface area contributed by atoms with E-state index in [0.717, 1.165) is 0 Å². The van der Waals surface area contributed by atoms with Crippen LogP contribution in [0.25, 0.3) is 0 Å². The average molecular weight is 389 g/mol. The molecule has 0 heterocycles. The number of nitrogens with one attached hydrogen (secondary N) is 3. The Labute approximate surface area is 159 Å². The minimum Gasteiger partial charge on any atom is -0.350 e. The summed E-state index contributed by atoms with van der Waals surface area (Å²) in [7, 11) is -3.64. The first kappa shape index (κ1) is 20.6. The van der Waals surface area contributed by atoms with E-state index >= 15 is 0 Å². The topological polar surface area (TPSA) is 104 Å². The van der Waals surface area contributed by atoms with E-state index < -0.39 is 15.9 Å². The van der Waals surface area contributed by atoms with Crippen molar-refractivity contribution < 1.29 is 18.0 Å². The summed E-state index contributed by atoms with van der Waals surface area (Å²) in [5.41, 5.74) is 1.49. The number of carbonyl (C=O) groups excluding carboxylic acids is 2. The molecule has 0 aliphatic rings. The number of amides is 2. The standard InChI is InChI=1S/C19H23N3O4S/c1-3-22-27(25,26)16-10-9-14(2)17(13-16)19(24)21-12-11-20-18(23)15-7-5-4-6-8-15/h4-10,13,22H,3,11-12H2,1-2H3,(H,20,23)(H,21,24). The Morgan fingerprint density at radius 3 is 2.19 bits per heavy atom. The lowest BCUT2D eigenvalue weighted by Crippen LogP contribution is -2.35. The third-order valence-corrected chi connectivity index (χ3v) is 5.37. The van der Waals surface area contributed by atoms with Crippen LogP contribution in [0.3, 0.4) is 0 Å². The molecule has 7 nitrogen and oxygen atoms in total. The Kier molecular flexibility index (Phi) is 7.09. The van der Waals surface area contributed by atoms with Crippen molar-refractivity contribution in [2.75, 3.05) is 19.6 Å². The van der Waals surface area contributed by atoms with Crippen LogP contribution in [0.2, 0.25) is 0 Å². The zero-order chi connectivity index (χ0) is 19.9. The lowest BCUT2D eigenvalue weighted by molar-refractivity contribution is 0.0927. The van der Waals surface area contributed by atoms with Gasteiger partial charge in [-0.05, 0) is 36.8 Å². The molecule has 144 valence electrons. The van der Waals surface area contributed by atoms with Crippen LogP contribution < -0.4 is 15.4 Å². The molecular weight excluding hydrogens is 366 g/mol. The highest BCUT2D eigenvalue weighted by Gasteiger charge is 2.17. The van der Waals surface area contributed by atoms with Crippen LogP contribution in [-0.2, 0) is 10.0 Å². The quantitative estimate of drug-likeness (QED) is 0.595. The fourth-order valence-electron chi connectivity index (χ4n) is 2.43. The van der Waals surface area contributed by atoms with Crippen LogP contribution in [0.5, 0.6) is 0 Å². The predicted molar refractivity (Wildman–Crippen MR) is 103 cm³/mol. The molecule has 0 atom stereocenters. The molecule has 2 rings (SSSR count). The highest BCUT2D eigenvalue weighted by Crippen LogP contribution is 2.15. The van der Waals surface area contributed by atoms with E-state index in [1.807, 2.05) is 6.07 Å². The van der Waals surface area contributed by atoms with Crippen molar-refractivity contribution >= 4 is 21.8 Å². The lowest BCUT2D eigenvalue weighted by Gasteiger charge is -2.11. The van der Waals surface area contributed by atoms with Crippen molar-refractivity contribution in [2.24, 2.45) is 0 Å². The molecule has 0 aliphatic heterocycles. The summed E-state index contributed by atoms with van der Waals surface area (Å²) in [4.78, 5) is 24.4. The molecule has 2 aromatic rings. The molecular formula is C19H23N3O4S. The molecule has 0 aliphatic carbocycles. The van der Waals surface area contributed by atoms with Crippen LogP contribution >= 0.6 is 0 Å². The second-order valence-electron chi connectivity index (χ2n) is 5.86. The molecule has 0 unspecified atom stereocenters. The first-order valence-electron chi connectivity index (χ1n) is 8.57. The van der Waals surface area contributed by atoms with E-state index in [1.165, 1.54) is 12.1 Å². The van der Waals surface area contributed by atoms with Crippen LogP contribution in [0.1, 0.15) is 33.2 Å². The molecule has 0 radical (unpaired) electrons. The van der Waals surface area contributed by atoms with E-state index in [1.54, 1.807) is 44.2 Å². The van der Waals surface area contributed by atoms with E-state index in [0.29, 0.717) is 11.1 Å². The SMILES string of the molecule is CCNS(=O)(=O)c1ccc(C)c(C(=O)NCCNC(=O)c2ccccc2)c1. The maximum absolute atomic E-state index is 12.4. The molecule has 0 saturated heterocycles. The number of rotatable bonds is 8. The molecule has 0 spiro atoms. The molecule has 27 heavy (non-hydrogen) atoms. The van der Waals surface area contributed by atoms with E-state index in [4.69, 9.17) is 0 Å². The van der Waals surface area contributed by atoms with Gasteiger partial charge in [0.2, 0.25) is 10.0 Å². The Morgan fingerprint density at radius 1 is 0.926 bits per heavy atom. The Hall–Kier alpha value is -2.71. The third-order valence-electron chi connectivity index (χ3n) is 3.83. The molecule has 2 amide bonds. The molecule has 0 aromatic heterocycles. The van der Waals surface area contributed by atoms with E-state index in [9.17, 15) is 18.0 Å². The number of hydrogen-bond acceptors (Lipinski definition) is 4. The van der Waals surface area contributed by atoms with Gasteiger partial charge in [0.05, 0.1) is 4.90 Å². The minimum atomic E-state index is -3.64. The smallest absolute Gasteiger partial charge is 0.251 e. The second kappa shape index (κ2) is 9.29. The van der Waals surface area contributed by atoms with Crippen molar-refractivity contribution in [3.63, 3.8) is 0 Å². The highest BCUT2D eigenvalue weighted by molar-refractivity contribution is 7.89. The molecule has 0 bridgehead atoms. The predicted octanol–water partition coefficient (Wildman–Crippen LogP) is 1.45. The van der Waals surface area contributed by atoms with Crippen molar-refractivity contribution in [1.29, 1.82) is 0 Å². The number of carbonyl (C=O) groups is 2. The van der Waals surface area contributed by atoms with Crippen LogP contribution in [0.15, 0.2) is 53.4 Å². The van der Waals surface area contributed by atoms with Gasteiger partial charge >= 0.3 is 0 Å². The van der Waals surface area contributed by atoms with E-state index in [-0.39, 0.29) is 36.0 Å². The Morgan fingerprint density at radius 2 is 1.56 bits per heavy atom. The Bertz CT molecular complexity index is 912. The summed E-state index contributed by atoms with van der Waals surface area (Å²) in [6.45, 7) is 4.16. The monoisotopic (exact) mass is 389 g/mol. The molecule has 8 heteroatoms. The largest absolute Gasteiger partial charge is 0.350 e. The number of sulfonamides is 1. The summed E-state index contributed by atoms with van der Waals surface area (Å²) in [6, 6.07) is 13.2. The fraction of sp³-hybridized carbons (Fsp3) is 0.263. The summed E-state index contributed by atoms with van der Waals surface area (Å²) >= 11 is 0. The molecule has 0 fully saturated rings. The van der Waals surface area contributed by atoms with Crippen molar-refractivity contribution in [1.82, 2.24) is 15.4 Å². The summed E-state index contributed by atoms with van der Waals surface area (Å²) < 4.78 is 26.6. The second-order valence-corrected chi connectivity index (χ2v) is 7.62. The van der Waals surface area contributed by atoms with Crippen molar-refractivity contribution in [3.8, 4) is 0 Å². The first-order valence-corrected chi connectivity index (χ1v) is 10.0. The van der Waals surface area contributed by atoms with Crippen molar-refractivity contribution in [2.45, 2.75) is 18.7 Å². The van der Waals surface area contributed by atoms with Gasteiger partial charge in [-0.3, -0.25) is 9.59 Å². The summed E-state index contributed by atoms with van der Waals surface area (Å²) in [5.74, 6) is -0.616. The minimum absolute atomic E-state index is 0.0393. The third kappa shape index (κ3) is 5.63. The van der Waals surface area contributed by atoms with Crippen molar-refractivity contribution in [3.05, 3.63) is 65.2 Å². The number of hydrogen-bond donors (Lipinski definition) is 3. The number of benzene rings is 2. The van der Waals surface area contributed by atoms with E-state index in [2.05, 4.69) is 15.4 Å². The van der Waals surface area contributed by atoms with Gasteiger partial charge in [-0.1, -0.05) is 31.2 Å². The van der Waals surface area contributed by atoms with Gasteiger partial charge < -0.3 is 10.6 Å². The van der Waals surface area contributed by atoms with Gasteiger partial charge in [-0.25, -0.2) is 13.1 Å². The first-order chi connectivity index (χ1) is 12.8. The van der Waals surface area contributed by atoms with Crippen LogP contribution in [0.4, 0.5) is 0 Å². The molecule has 0 saturated carbocycles. The lowest BCUT2D eigenvalue weighted by atomic mass is 10.1.